The molecule has 1 aliphatic heterocycles. The lowest BCUT2D eigenvalue weighted by Crippen LogP contribution is -2.46. The van der Waals surface area contributed by atoms with E-state index in [0.717, 1.165) is 44.9 Å². The third-order valence-electron chi connectivity index (χ3n) is 5.96. The molecule has 27 heavy (non-hydrogen) atoms. The largest absolute Gasteiger partial charge is 0.385 e. The summed E-state index contributed by atoms with van der Waals surface area (Å²) in [7, 11) is 0.522. The van der Waals surface area contributed by atoms with Gasteiger partial charge in [-0.2, -0.15) is 0 Å². The van der Waals surface area contributed by atoms with Gasteiger partial charge in [-0.05, 0) is 43.4 Å². The maximum atomic E-state index is 11.6. The van der Waals surface area contributed by atoms with Gasteiger partial charge in [-0.3, -0.25) is 4.99 Å². The number of aliphatic imine (C=N–C) groups is 1. The number of halogens is 1. The summed E-state index contributed by atoms with van der Waals surface area (Å²) in [5.74, 6) is 1.33. The molecule has 1 saturated heterocycles. The lowest BCUT2D eigenvalue weighted by molar-refractivity contribution is 0.138. The fraction of sp³-hybridized carbons (Fsp3) is 0.944. The van der Waals surface area contributed by atoms with Crippen LogP contribution in [0.3, 0.4) is 0 Å². The number of rotatable bonds is 8. The number of piperidine rings is 1. The van der Waals surface area contributed by atoms with Gasteiger partial charge in [0.2, 0.25) is 10.0 Å². The number of nitrogens with zero attached hydrogens (tertiary/aromatic N) is 2. The Morgan fingerprint density at radius 1 is 1.22 bits per heavy atom. The lowest BCUT2D eigenvalue weighted by atomic mass is 9.83. The van der Waals surface area contributed by atoms with E-state index in [1.54, 1.807) is 18.5 Å². The number of methoxy groups -OCH3 is 1. The molecule has 2 fully saturated rings. The average molecular weight is 516 g/mol. The summed E-state index contributed by atoms with van der Waals surface area (Å²) in [4.78, 5) is 4.36. The number of guanidine groups is 1. The second-order valence-corrected chi connectivity index (χ2v) is 9.84. The number of ether oxygens (including phenoxy) is 1. The van der Waals surface area contributed by atoms with Crippen molar-refractivity contribution in [3.05, 3.63) is 0 Å². The van der Waals surface area contributed by atoms with Crippen LogP contribution in [0.2, 0.25) is 0 Å². The monoisotopic (exact) mass is 516 g/mol. The highest BCUT2D eigenvalue weighted by Gasteiger charge is 2.33. The third-order valence-corrected chi connectivity index (χ3v) is 7.26. The SMILES string of the molecule is CN=C(NCC1CCN(S(C)(=O)=O)CC1)NCC1(CCOC)CCCC1.I. The van der Waals surface area contributed by atoms with E-state index in [-0.39, 0.29) is 24.0 Å². The van der Waals surface area contributed by atoms with Crippen molar-refractivity contribution in [1.29, 1.82) is 0 Å². The van der Waals surface area contributed by atoms with E-state index in [1.165, 1.54) is 31.9 Å². The fourth-order valence-corrected chi connectivity index (χ4v) is 5.01. The van der Waals surface area contributed by atoms with E-state index in [2.05, 4.69) is 15.6 Å². The smallest absolute Gasteiger partial charge is 0.211 e. The second kappa shape index (κ2) is 11.8. The number of sulfonamides is 1. The van der Waals surface area contributed by atoms with Crippen LogP contribution in [0, 0.1) is 11.3 Å². The van der Waals surface area contributed by atoms with Crippen molar-refractivity contribution >= 4 is 40.0 Å². The molecule has 0 radical (unpaired) electrons. The summed E-state index contributed by atoms with van der Waals surface area (Å²) in [5, 5.41) is 6.94. The van der Waals surface area contributed by atoms with Crippen LogP contribution in [-0.2, 0) is 14.8 Å². The third kappa shape index (κ3) is 8.02. The minimum Gasteiger partial charge on any atom is -0.385 e. The van der Waals surface area contributed by atoms with E-state index in [1.807, 2.05) is 0 Å². The molecular formula is C18H37IN4O3S. The van der Waals surface area contributed by atoms with Crippen LogP contribution in [0.15, 0.2) is 4.99 Å². The Morgan fingerprint density at radius 3 is 2.37 bits per heavy atom. The zero-order chi connectivity index (χ0) is 19.0. The first-order chi connectivity index (χ1) is 12.4. The first-order valence-electron chi connectivity index (χ1n) is 9.77. The lowest BCUT2D eigenvalue weighted by Gasteiger charge is -2.32. The first-order valence-corrected chi connectivity index (χ1v) is 11.6. The minimum atomic E-state index is -3.05. The molecule has 0 spiro atoms. The quantitative estimate of drug-likeness (QED) is 0.293. The maximum Gasteiger partial charge on any atom is 0.211 e. The Kier molecular flexibility index (Phi) is 10.9. The molecule has 0 unspecified atom stereocenters. The topological polar surface area (TPSA) is 83.0 Å². The van der Waals surface area contributed by atoms with Crippen LogP contribution in [0.5, 0.6) is 0 Å². The molecule has 1 aliphatic carbocycles. The van der Waals surface area contributed by atoms with Crippen LogP contribution < -0.4 is 10.6 Å². The summed E-state index contributed by atoms with van der Waals surface area (Å²) in [6.45, 7) is 3.83. The summed E-state index contributed by atoms with van der Waals surface area (Å²) in [6.07, 6.45) is 9.29. The van der Waals surface area contributed by atoms with Gasteiger partial charge in [0.15, 0.2) is 5.96 Å². The van der Waals surface area contributed by atoms with Crippen molar-refractivity contribution in [2.24, 2.45) is 16.3 Å². The number of nitrogens with one attached hydrogen (secondary N) is 2. The van der Waals surface area contributed by atoms with Gasteiger partial charge < -0.3 is 15.4 Å². The highest BCUT2D eigenvalue weighted by Crippen LogP contribution is 2.40. The Bertz CT molecular complexity index is 557. The average Bonchev–Trinajstić information content (AvgIpc) is 3.09. The molecule has 1 saturated carbocycles. The van der Waals surface area contributed by atoms with Gasteiger partial charge in [0.1, 0.15) is 0 Å². The van der Waals surface area contributed by atoms with Crippen molar-refractivity contribution in [1.82, 2.24) is 14.9 Å². The van der Waals surface area contributed by atoms with E-state index < -0.39 is 10.0 Å². The van der Waals surface area contributed by atoms with E-state index >= 15 is 0 Å². The molecule has 9 heteroatoms. The molecule has 7 nitrogen and oxygen atoms in total. The Morgan fingerprint density at radius 2 is 1.85 bits per heavy atom. The fourth-order valence-electron chi connectivity index (χ4n) is 4.14. The predicted octanol–water partition coefficient (Wildman–Crippen LogP) is 2.04. The first kappa shape index (κ1) is 24.9. The summed E-state index contributed by atoms with van der Waals surface area (Å²) < 4.78 is 30.1. The standard InChI is InChI=1S/C18H36N4O3S.HI/c1-19-17(21-15-18(10-13-25-2)8-4-5-9-18)20-14-16-6-11-22(12-7-16)26(3,23)24;/h16H,4-15H2,1-3H3,(H2,19,20,21);1H. The molecule has 2 N–H and O–H groups in total. The molecule has 0 aromatic heterocycles. The van der Waals surface area contributed by atoms with Crippen LogP contribution >= 0.6 is 24.0 Å². The molecule has 0 aromatic carbocycles. The molecule has 0 atom stereocenters. The molecule has 160 valence electrons. The number of hydrogen-bond acceptors (Lipinski definition) is 4. The van der Waals surface area contributed by atoms with Gasteiger partial charge >= 0.3 is 0 Å². The van der Waals surface area contributed by atoms with Gasteiger partial charge in [0, 0.05) is 46.9 Å². The molecule has 2 aliphatic rings. The van der Waals surface area contributed by atoms with Crippen molar-refractivity contribution in [3.8, 4) is 0 Å². The maximum absolute atomic E-state index is 11.6. The summed E-state index contributed by atoms with van der Waals surface area (Å²) in [5.41, 5.74) is 0.328. The second-order valence-electron chi connectivity index (χ2n) is 7.86. The molecule has 1 heterocycles. The van der Waals surface area contributed by atoms with Gasteiger partial charge in [0.25, 0.3) is 0 Å². The Labute approximate surface area is 182 Å². The Balaban J connectivity index is 0.00000364. The van der Waals surface area contributed by atoms with Crippen LogP contribution in [-0.4, -0.2) is 71.9 Å². The van der Waals surface area contributed by atoms with Crippen LogP contribution in [0.25, 0.3) is 0 Å². The molecule has 0 amide bonds. The van der Waals surface area contributed by atoms with Gasteiger partial charge in [-0.25, -0.2) is 12.7 Å². The summed E-state index contributed by atoms with van der Waals surface area (Å²) >= 11 is 0. The Hall–Kier alpha value is -0.130. The zero-order valence-electron chi connectivity index (χ0n) is 17.0. The minimum absolute atomic E-state index is 0. The van der Waals surface area contributed by atoms with E-state index in [4.69, 9.17) is 4.74 Å². The normalized spacial score (nSPS) is 21.7. The van der Waals surface area contributed by atoms with Gasteiger partial charge in [-0.15, -0.1) is 24.0 Å². The van der Waals surface area contributed by atoms with Crippen LogP contribution in [0.1, 0.15) is 44.9 Å². The van der Waals surface area contributed by atoms with Crippen molar-refractivity contribution in [3.63, 3.8) is 0 Å². The molecule has 0 bridgehead atoms. The zero-order valence-corrected chi connectivity index (χ0v) is 20.1. The number of hydrogen-bond donors (Lipinski definition) is 2. The van der Waals surface area contributed by atoms with E-state index in [0.29, 0.717) is 24.4 Å². The van der Waals surface area contributed by atoms with Crippen molar-refractivity contribution in [2.45, 2.75) is 44.9 Å². The van der Waals surface area contributed by atoms with Crippen molar-refractivity contribution in [2.75, 3.05) is 53.2 Å². The molecule has 0 aromatic rings. The highest BCUT2D eigenvalue weighted by molar-refractivity contribution is 14.0. The van der Waals surface area contributed by atoms with Crippen molar-refractivity contribution < 1.29 is 13.2 Å². The van der Waals surface area contributed by atoms with Crippen LogP contribution in [0.4, 0.5) is 0 Å². The highest BCUT2D eigenvalue weighted by atomic mass is 127. The van der Waals surface area contributed by atoms with Gasteiger partial charge in [-0.1, -0.05) is 12.8 Å². The molecular weight excluding hydrogens is 479 g/mol. The van der Waals surface area contributed by atoms with Gasteiger partial charge in [0.05, 0.1) is 6.26 Å². The van der Waals surface area contributed by atoms with E-state index in [9.17, 15) is 8.42 Å². The molecule has 2 rings (SSSR count). The summed E-state index contributed by atoms with van der Waals surface area (Å²) in [6, 6.07) is 0. The predicted molar refractivity (Wildman–Crippen MR) is 121 cm³/mol.